The van der Waals surface area contributed by atoms with E-state index in [1.807, 2.05) is 12.1 Å². The number of halogens is 1. The molecule has 2 N–H and O–H groups in total. The van der Waals surface area contributed by atoms with E-state index in [0.29, 0.717) is 33.9 Å². The van der Waals surface area contributed by atoms with Gasteiger partial charge < -0.3 is 24.6 Å². The highest BCUT2D eigenvalue weighted by molar-refractivity contribution is 5.87. The number of pyridine rings is 3. The number of fused-ring (bicyclic) bond motifs is 3. The molecule has 0 aliphatic carbocycles. The zero-order valence-electron chi connectivity index (χ0n) is 26.1. The van der Waals surface area contributed by atoms with Crippen LogP contribution < -0.4 is 21.3 Å². The van der Waals surface area contributed by atoms with E-state index in [0.717, 1.165) is 49.8 Å². The summed E-state index contributed by atoms with van der Waals surface area (Å²) in [6.45, 7) is 4.88. The minimum absolute atomic E-state index is 0.0506. The number of aliphatic hydroxyl groups is 1. The molecule has 2 saturated heterocycles. The summed E-state index contributed by atoms with van der Waals surface area (Å²) in [5, 5.41) is 18.3. The lowest BCUT2D eigenvalue weighted by molar-refractivity contribution is -0.0660. The normalized spacial score (nSPS) is 15.7. The Kier molecular flexibility index (Phi) is 7.47. The first-order valence-corrected chi connectivity index (χ1v) is 15.7. The molecule has 0 radical (unpaired) electrons. The molecular formula is C34H32FN9O4. The average molecular weight is 650 g/mol. The number of para-hydroxylation sites is 1. The largest absolute Gasteiger partial charge is 0.392 e. The summed E-state index contributed by atoms with van der Waals surface area (Å²) in [7, 11) is 1.63. The zero-order chi connectivity index (χ0) is 32.9. The number of aromatic nitrogens is 6. The lowest BCUT2D eigenvalue weighted by atomic mass is 10.0. The van der Waals surface area contributed by atoms with E-state index in [-0.39, 0.29) is 28.1 Å². The fourth-order valence-electron chi connectivity index (χ4n) is 6.55. The quantitative estimate of drug-likeness (QED) is 0.266. The molecule has 0 spiro atoms. The van der Waals surface area contributed by atoms with Crippen molar-refractivity contribution < 1.29 is 14.2 Å². The van der Waals surface area contributed by atoms with Crippen LogP contribution in [0.4, 0.5) is 21.6 Å². The Morgan fingerprint density at radius 1 is 1.02 bits per heavy atom. The van der Waals surface area contributed by atoms with Gasteiger partial charge in [-0.05, 0) is 42.0 Å². The maximum absolute atomic E-state index is 15.4. The maximum atomic E-state index is 15.4. The summed E-state index contributed by atoms with van der Waals surface area (Å²) < 4.78 is 24.6. The molecule has 7 heterocycles. The predicted molar refractivity (Wildman–Crippen MR) is 179 cm³/mol. The number of anilines is 3. The summed E-state index contributed by atoms with van der Waals surface area (Å²) in [6.07, 6.45) is 6.27. The Morgan fingerprint density at radius 2 is 1.83 bits per heavy atom. The SMILES string of the molecule is Cn1cc(-c2ccnc(-n3ncn4c(c(F)c5ccccc54)c3=O)c2CO)cc(Nc2ccc(N3CCN(C4COC4)CC3)cn2)c1=O. The van der Waals surface area contributed by atoms with Gasteiger partial charge in [-0.15, -0.1) is 0 Å². The molecule has 2 aliphatic rings. The van der Waals surface area contributed by atoms with Gasteiger partial charge in [-0.3, -0.25) is 18.9 Å². The number of hydrogen-bond donors (Lipinski definition) is 2. The third-order valence-electron chi connectivity index (χ3n) is 9.24. The van der Waals surface area contributed by atoms with Crippen LogP contribution in [-0.4, -0.2) is 84.2 Å². The van der Waals surface area contributed by atoms with Crippen LogP contribution in [0.1, 0.15) is 5.56 Å². The first-order chi connectivity index (χ1) is 23.4. The van der Waals surface area contributed by atoms with Gasteiger partial charge >= 0.3 is 0 Å². The molecule has 8 rings (SSSR count). The van der Waals surface area contributed by atoms with Gasteiger partial charge in [0.25, 0.3) is 11.1 Å². The minimum Gasteiger partial charge on any atom is -0.392 e. The molecule has 2 fully saturated rings. The van der Waals surface area contributed by atoms with E-state index in [2.05, 4.69) is 30.2 Å². The molecule has 14 heteroatoms. The molecule has 244 valence electrons. The summed E-state index contributed by atoms with van der Waals surface area (Å²) in [6, 6.07) is 14.5. The third kappa shape index (κ3) is 5.01. The smallest absolute Gasteiger partial charge is 0.300 e. The van der Waals surface area contributed by atoms with Crippen molar-refractivity contribution in [2.45, 2.75) is 12.6 Å². The Morgan fingerprint density at radius 3 is 2.56 bits per heavy atom. The number of ether oxygens (including phenoxy) is 1. The number of aryl methyl sites for hydroxylation is 1. The summed E-state index contributed by atoms with van der Waals surface area (Å²) >= 11 is 0. The average Bonchev–Trinajstić information content (AvgIpc) is 3.38. The highest BCUT2D eigenvalue weighted by Gasteiger charge is 2.29. The van der Waals surface area contributed by atoms with Crippen molar-refractivity contribution in [1.82, 2.24) is 33.6 Å². The van der Waals surface area contributed by atoms with Crippen LogP contribution in [0.2, 0.25) is 0 Å². The van der Waals surface area contributed by atoms with E-state index >= 15 is 4.39 Å². The Labute approximate surface area is 273 Å². The number of hydrogen-bond acceptors (Lipinski definition) is 10. The lowest BCUT2D eigenvalue weighted by Crippen LogP contribution is -2.56. The van der Waals surface area contributed by atoms with E-state index in [4.69, 9.17) is 4.74 Å². The van der Waals surface area contributed by atoms with Crippen molar-refractivity contribution in [2.75, 3.05) is 49.6 Å². The molecule has 48 heavy (non-hydrogen) atoms. The number of nitrogens with zero attached hydrogens (tertiary/aromatic N) is 8. The van der Waals surface area contributed by atoms with Crippen molar-refractivity contribution in [3.05, 3.63) is 106 Å². The number of benzene rings is 1. The third-order valence-corrected chi connectivity index (χ3v) is 9.24. The van der Waals surface area contributed by atoms with Crippen LogP contribution in [0.15, 0.2) is 83.0 Å². The molecule has 2 aliphatic heterocycles. The van der Waals surface area contributed by atoms with Crippen molar-refractivity contribution in [2.24, 2.45) is 7.05 Å². The molecule has 1 aromatic carbocycles. The molecule has 0 saturated carbocycles. The van der Waals surface area contributed by atoms with E-state index < -0.39 is 18.0 Å². The fraction of sp³-hybridized carbons (Fsp3) is 0.265. The lowest BCUT2D eigenvalue weighted by Gasteiger charge is -2.43. The van der Waals surface area contributed by atoms with E-state index in [1.54, 1.807) is 55.8 Å². The second kappa shape index (κ2) is 12.0. The van der Waals surface area contributed by atoms with Gasteiger partial charge in [0.2, 0.25) is 0 Å². The van der Waals surface area contributed by atoms with Gasteiger partial charge in [-0.1, -0.05) is 12.1 Å². The molecule has 13 nitrogen and oxygen atoms in total. The van der Waals surface area contributed by atoms with Crippen molar-refractivity contribution in [3.8, 4) is 16.9 Å². The number of nitrogens with one attached hydrogen (secondary N) is 1. The van der Waals surface area contributed by atoms with Gasteiger partial charge in [-0.25, -0.2) is 14.4 Å². The number of rotatable bonds is 7. The maximum Gasteiger partial charge on any atom is 0.300 e. The van der Waals surface area contributed by atoms with Gasteiger partial charge in [0.15, 0.2) is 17.2 Å². The molecule has 0 atom stereocenters. The monoisotopic (exact) mass is 649 g/mol. The molecule has 6 aromatic rings. The van der Waals surface area contributed by atoms with E-state index in [1.165, 1.54) is 21.5 Å². The van der Waals surface area contributed by atoms with E-state index in [9.17, 15) is 14.7 Å². The summed E-state index contributed by atoms with van der Waals surface area (Å²) in [5.41, 5.74) is 1.99. The number of aliphatic hydroxyl groups excluding tert-OH is 1. The standard InChI is InChI=1S/C34H32FN9O4/c1-40-16-21(14-27(33(40)46)39-29-7-6-22(15-37-29)41-10-12-42(13-11-41)23-18-48-19-23)24-8-9-36-32(26(24)17-45)44-34(47)31-30(35)25-4-2-3-5-28(25)43(31)20-38-44/h2-9,14-16,20,23,45H,10-13,17-19H2,1H3,(H,37,39). The topological polar surface area (TPSA) is 135 Å². The van der Waals surface area contributed by atoms with Gasteiger partial charge in [0, 0.05) is 62.1 Å². The van der Waals surface area contributed by atoms with Crippen molar-refractivity contribution >= 4 is 33.6 Å². The zero-order valence-corrected chi connectivity index (χ0v) is 26.1. The first kappa shape index (κ1) is 29.9. The van der Waals surface area contributed by atoms with Crippen LogP contribution >= 0.6 is 0 Å². The second-order valence-electron chi connectivity index (χ2n) is 12.0. The Hall–Kier alpha value is -5.44. The Balaban J connectivity index is 1.10. The highest BCUT2D eigenvalue weighted by atomic mass is 19.1. The molecule has 0 unspecified atom stereocenters. The van der Waals surface area contributed by atoms with Gasteiger partial charge in [-0.2, -0.15) is 9.78 Å². The molecule has 5 aromatic heterocycles. The molecular weight excluding hydrogens is 617 g/mol. The van der Waals surface area contributed by atoms with Crippen LogP contribution in [0, 0.1) is 5.82 Å². The first-order valence-electron chi connectivity index (χ1n) is 15.7. The van der Waals surface area contributed by atoms with Crippen molar-refractivity contribution in [3.63, 3.8) is 0 Å². The highest BCUT2D eigenvalue weighted by Crippen LogP contribution is 2.29. The van der Waals surface area contributed by atoms with Crippen LogP contribution in [0.3, 0.4) is 0 Å². The van der Waals surface area contributed by atoms with Crippen molar-refractivity contribution in [1.29, 1.82) is 0 Å². The fourth-order valence-corrected chi connectivity index (χ4v) is 6.55. The molecule has 0 amide bonds. The summed E-state index contributed by atoms with van der Waals surface area (Å²) in [4.78, 5) is 40.5. The summed E-state index contributed by atoms with van der Waals surface area (Å²) in [5.74, 6) is -0.109. The minimum atomic E-state index is -0.724. The second-order valence-corrected chi connectivity index (χ2v) is 12.0. The Bertz CT molecular complexity index is 2290. The van der Waals surface area contributed by atoms with Crippen LogP contribution in [-0.2, 0) is 18.4 Å². The van der Waals surface area contributed by atoms with Gasteiger partial charge in [0.1, 0.15) is 17.8 Å². The number of piperazine rings is 1. The predicted octanol–water partition coefficient (Wildman–Crippen LogP) is 2.69. The van der Waals surface area contributed by atoms with Crippen LogP contribution in [0.25, 0.3) is 33.4 Å². The molecule has 0 bridgehead atoms. The van der Waals surface area contributed by atoms with Gasteiger partial charge in [0.05, 0.1) is 43.3 Å². The van der Waals surface area contributed by atoms with Crippen LogP contribution in [0.5, 0.6) is 0 Å².